The number of hydrogen-bond donors (Lipinski definition) is 1. The van der Waals surface area contributed by atoms with Gasteiger partial charge < -0.3 is 10.1 Å². The minimum atomic E-state index is 0.0712. The molecule has 1 fully saturated rings. The van der Waals surface area contributed by atoms with Gasteiger partial charge >= 0.3 is 0 Å². The van der Waals surface area contributed by atoms with Crippen LogP contribution in [0.5, 0.6) is 0 Å². The number of aromatic nitrogens is 4. The van der Waals surface area contributed by atoms with Gasteiger partial charge in [-0.2, -0.15) is 5.10 Å². The number of nitrogens with one attached hydrogen (secondary N) is 1. The topological polar surface area (TPSA) is 64.9 Å². The van der Waals surface area contributed by atoms with Crippen LogP contribution in [-0.2, 0) is 11.8 Å². The molecule has 0 aliphatic carbocycles. The van der Waals surface area contributed by atoms with Crippen molar-refractivity contribution in [3.05, 3.63) is 48.5 Å². The van der Waals surface area contributed by atoms with Gasteiger partial charge in [-0.25, -0.2) is 4.98 Å². The number of hydrogen-bond acceptors (Lipinski definition) is 5. The van der Waals surface area contributed by atoms with E-state index in [9.17, 15) is 0 Å². The van der Waals surface area contributed by atoms with Gasteiger partial charge in [0, 0.05) is 43.7 Å². The number of anilines is 1. The SMILES string of the molecule is Cn1nccc1C1CC(Nc2nccc3ncccc23)CCO1. The average Bonchev–Trinajstić information content (AvgIpc) is 3.02. The summed E-state index contributed by atoms with van der Waals surface area (Å²) in [5.74, 6) is 0.895. The Kier molecular flexibility index (Phi) is 3.67. The molecule has 6 heteroatoms. The minimum absolute atomic E-state index is 0.0712. The fourth-order valence-corrected chi connectivity index (χ4v) is 3.14. The fourth-order valence-electron chi connectivity index (χ4n) is 3.14. The first kappa shape index (κ1) is 14.1. The summed E-state index contributed by atoms with van der Waals surface area (Å²) in [7, 11) is 1.95. The lowest BCUT2D eigenvalue weighted by Crippen LogP contribution is -2.31. The molecular formula is C17H19N5O. The van der Waals surface area contributed by atoms with Gasteiger partial charge in [0.2, 0.25) is 0 Å². The molecule has 118 valence electrons. The van der Waals surface area contributed by atoms with Crippen LogP contribution in [-0.4, -0.2) is 32.4 Å². The van der Waals surface area contributed by atoms with Crippen LogP contribution in [0.4, 0.5) is 5.82 Å². The Balaban J connectivity index is 1.55. The van der Waals surface area contributed by atoms with Crippen molar-refractivity contribution >= 4 is 16.7 Å². The van der Waals surface area contributed by atoms with Crippen molar-refractivity contribution in [3.8, 4) is 0 Å². The molecule has 1 aliphatic heterocycles. The van der Waals surface area contributed by atoms with E-state index in [1.54, 1.807) is 12.4 Å². The van der Waals surface area contributed by atoms with E-state index >= 15 is 0 Å². The lowest BCUT2D eigenvalue weighted by atomic mass is 10.0. The van der Waals surface area contributed by atoms with Gasteiger partial charge in [-0.05, 0) is 37.1 Å². The number of pyridine rings is 2. The zero-order valence-electron chi connectivity index (χ0n) is 13.0. The summed E-state index contributed by atoms with van der Waals surface area (Å²) >= 11 is 0. The summed E-state index contributed by atoms with van der Waals surface area (Å²) in [6.07, 6.45) is 7.36. The normalized spacial score (nSPS) is 21.4. The predicted molar refractivity (Wildman–Crippen MR) is 88.1 cm³/mol. The fraction of sp³-hybridized carbons (Fsp3) is 0.353. The predicted octanol–water partition coefficient (Wildman–Crippen LogP) is 2.70. The van der Waals surface area contributed by atoms with E-state index in [0.29, 0.717) is 6.04 Å². The molecule has 23 heavy (non-hydrogen) atoms. The van der Waals surface area contributed by atoms with Crippen molar-refractivity contribution in [2.45, 2.75) is 25.0 Å². The molecular weight excluding hydrogens is 290 g/mol. The number of nitrogens with zero attached hydrogens (tertiary/aromatic N) is 4. The van der Waals surface area contributed by atoms with Gasteiger partial charge in [0.15, 0.2) is 0 Å². The highest BCUT2D eigenvalue weighted by Gasteiger charge is 2.26. The van der Waals surface area contributed by atoms with Gasteiger partial charge in [0.25, 0.3) is 0 Å². The standard InChI is InChI=1S/C17H19N5O/c1-22-15(5-9-20-22)16-11-12(6-10-23-16)21-17-13-3-2-7-18-14(13)4-8-19-17/h2-5,7-9,12,16H,6,10-11H2,1H3,(H,19,21). The number of ether oxygens (including phenoxy) is 1. The third-order valence-electron chi connectivity index (χ3n) is 4.34. The van der Waals surface area contributed by atoms with Gasteiger partial charge in [-0.15, -0.1) is 0 Å². The summed E-state index contributed by atoms with van der Waals surface area (Å²) in [4.78, 5) is 8.88. The second-order valence-corrected chi connectivity index (χ2v) is 5.83. The van der Waals surface area contributed by atoms with Crippen LogP contribution in [0.25, 0.3) is 10.9 Å². The zero-order chi connectivity index (χ0) is 15.6. The van der Waals surface area contributed by atoms with E-state index < -0.39 is 0 Å². The van der Waals surface area contributed by atoms with Crippen LogP contribution in [0.1, 0.15) is 24.6 Å². The number of fused-ring (bicyclic) bond motifs is 1. The van der Waals surface area contributed by atoms with Crippen LogP contribution >= 0.6 is 0 Å². The maximum atomic E-state index is 5.93. The molecule has 0 spiro atoms. The van der Waals surface area contributed by atoms with Crippen molar-refractivity contribution < 1.29 is 4.74 Å². The minimum Gasteiger partial charge on any atom is -0.372 e. The molecule has 4 heterocycles. The maximum Gasteiger partial charge on any atom is 0.135 e. The summed E-state index contributed by atoms with van der Waals surface area (Å²) < 4.78 is 7.81. The van der Waals surface area contributed by atoms with Crippen molar-refractivity contribution in [3.63, 3.8) is 0 Å². The molecule has 0 radical (unpaired) electrons. The number of aryl methyl sites for hydroxylation is 1. The Hall–Kier alpha value is -2.47. The molecule has 1 saturated heterocycles. The first-order valence-corrected chi connectivity index (χ1v) is 7.87. The lowest BCUT2D eigenvalue weighted by molar-refractivity contribution is 0.00500. The van der Waals surface area contributed by atoms with Crippen LogP contribution in [0.2, 0.25) is 0 Å². The van der Waals surface area contributed by atoms with Crippen molar-refractivity contribution in [1.82, 2.24) is 19.7 Å². The summed E-state index contributed by atoms with van der Waals surface area (Å²) in [5.41, 5.74) is 2.07. The molecule has 6 nitrogen and oxygen atoms in total. The molecule has 0 saturated carbocycles. The van der Waals surface area contributed by atoms with Crippen LogP contribution in [0, 0.1) is 0 Å². The third kappa shape index (κ3) is 2.77. The van der Waals surface area contributed by atoms with Crippen LogP contribution in [0.15, 0.2) is 42.9 Å². The van der Waals surface area contributed by atoms with E-state index in [4.69, 9.17) is 4.74 Å². The second kappa shape index (κ2) is 5.96. The van der Waals surface area contributed by atoms with E-state index in [0.717, 1.165) is 41.9 Å². The highest BCUT2D eigenvalue weighted by atomic mass is 16.5. The molecule has 2 unspecified atom stereocenters. The molecule has 1 N–H and O–H groups in total. The average molecular weight is 309 g/mol. The first-order valence-electron chi connectivity index (χ1n) is 7.87. The van der Waals surface area contributed by atoms with Crippen molar-refractivity contribution in [1.29, 1.82) is 0 Å². The summed E-state index contributed by atoms with van der Waals surface area (Å²) in [6.45, 7) is 0.733. The largest absolute Gasteiger partial charge is 0.372 e. The Morgan fingerprint density at radius 2 is 2.13 bits per heavy atom. The van der Waals surface area contributed by atoms with E-state index in [1.165, 1.54) is 0 Å². The van der Waals surface area contributed by atoms with E-state index in [2.05, 4.69) is 26.4 Å². The summed E-state index contributed by atoms with van der Waals surface area (Å²) in [6, 6.07) is 8.27. The highest BCUT2D eigenvalue weighted by Crippen LogP contribution is 2.30. The lowest BCUT2D eigenvalue weighted by Gasteiger charge is -2.30. The molecule has 0 aromatic carbocycles. The molecule has 4 rings (SSSR count). The van der Waals surface area contributed by atoms with Crippen molar-refractivity contribution in [2.75, 3.05) is 11.9 Å². The molecule has 1 aliphatic rings. The Morgan fingerprint density at radius 1 is 1.17 bits per heavy atom. The number of rotatable bonds is 3. The Labute approximate surface area is 134 Å². The van der Waals surface area contributed by atoms with Crippen molar-refractivity contribution in [2.24, 2.45) is 7.05 Å². The smallest absolute Gasteiger partial charge is 0.135 e. The van der Waals surface area contributed by atoms with Crippen LogP contribution in [0.3, 0.4) is 0 Å². The third-order valence-corrected chi connectivity index (χ3v) is 4.34. The quantitative estimate of drug-likeness (QED) is 0.806. The van der Waals surface area contributed by atoms with Gasteiger partial charge in [0.1, 0.15) is 11.9 Å². The second-order valence-electron chi connectivity index (χ2n) is 5.83. The first-order chi connectivity index (χ1) is 11.3. The Bertz CT molecular complexity index is 810. The van der Waals surface area contributed by atoms with E-state index in [1.807, 2.05) is 36.1 Å². The molecule has 3 aromatic heterocycles. The molecule has 0 bridgehead atoms. The molecule has 2 atom stereocenters. The zero-order valence-corrected chi connectivity index (χ0v) is 13.0. The highest BCUT2D eigenvalue weighted by molar-refractivity contribution is 5.88. The maximum absolute atomic E-state index is 5.93. The molecule has 0 amide bonds. The molecule has 3 aromatic rings. The van der Waals surface area contributed by atoms with E-state index in [-0.39, 0.29) is 6.10 Å². The van der Waals surface area contributed by atoms with Crippen LogP contribution < -0.4 is 5.32 Å². The Morgan fingerprint density at radius 3 is 3.00 bits per heavy atom. The monoisotopic (exact) mass is 309 g/mol. The van der Waals surface area contributed by atoms with Gasteiger partial charge in [0.05, 0.1) is 11.2 Å². The van der Waals surface area contributed by atoms with Gasteiger partial charge in [-0.1, -0.05) is 0 Å². The summed E-state index contributed by atoms with van der Waals surface area (Å²) in [5, 5.41) is 8.87. The van der Waals surface area contributed by atoms with Gasteiger partial charge in [-0.3, -0.25) is 9.67 Å².